The molecule has 0 saturated carbocycles. The number of guanidine groups is 1. The number of nitrogens with one attached hydrogen (secondary N) is 3. The highest BCUT2D eigenvalue weighted by atomic mass is 127. The van der Waals surface area contributed by atoms with E-state index >= 15 is 0 Å². The molecule has 1 amide bonds. The standard InChI is InChI=1S/C16H25BrN4OS.HI/c1-18-16(20-9-3-4-12-23-2)21-11-10-19-15(22)13-5-7-14(17)8-6-13;/h5-8H,3-4,9-12H2,1-2H3,(H,19,22)(H2,18,20,21);1H. The number of hydrogen-bond donors (Lipinski definition) is 3. The van der Waals surface area contributed by atoms with E-state index in [2.05, 4.69) is 43.1 Å². The molecule has 24 heavy (non-hydrogen) atoms. The van der Waals surface area contributed by atoms with Crippen LogP contribution in [-0.4, -0.2) is 50.6 Å². The monoisotopic (exact) mass is 528 g/mol. The highest BCUT2D eigenvalue weighted by Crippen LogP contribution is 2.10. The quantitative estimate of drug-likeness (QED) is 0.199. The van der Waals surface area contributed by atoms with Crippen LogP contribution in [0.2, 0.25) is 0 Å². The normalized spacial score (nSPS) is 10.7. The molecule has 0 bridgehead atoms. The van der Waals surface area contributed by atoms with Crippen LogP contribution in [-0.2, 0) is 0 Å². The van der Waals surface area contributed by atoms with Crippen LogP contribution in [0.15, 0.2) is 33.7 Å². The zero-order chi connectivity index (χ0) is 16.9. The van der Waals surface area contributed by atoms with Crippen molar-refractivity contribution in [3.05, 3.63) is 34.3 Å². The van der Waals surface area contributed by atoms with E-state index in [1.807, 2.05) is 23.9 Å². The van der Waals surface area contributed by atoms with Crippen molar-refractivity contribution in [2.24, 2.45) is 4.99 Å². The molecule has 0 aromatic heterocycles. The Balaban J connectivity index is 0.00000529. The number of carbonyl (C=O) groups excluding carboxylic acids is 1. The van der Waals surface area contributed by atoms with E-state index in [0.29, 0.717) is 18.7 Å². The summed E-state index contributed by atoms with van der Waals surface area (Å²) >= 11 is 5.22. The Morgan fingerprint density at radius 3 is 2.33 bits per heavy atom. The van der Waals surface area contributed by atoms with Gasteiger partial charge in [0.05, 0.1) is 0 Å². The summed E-state index contributed by atoms with van der Waals surface area (Å²) in [6.45, 7) is 2.08. The van der Waals surface area contributed by atoms with Gasteiger partial charge >= 0.3 is 0 Å². The number of unbranched alkanes of at least 4 members (excludes halogenated alkanes) is 1. The second-order valence-electron chi connectivity index (χ2n) is 4.89. The fourth-order valence-corrected chi connectivity index (χ4v) is 2.62. The predicted molar refractivity (Wildman–Crippen MR) is 119 cm³/mol. The zero-order valence-electron chi connectivity index (χ0n) is 14.1. The third-order valence-corrected chi connectivity index (χ3v) is 4.33. The van der Waals surface area contributed by atoms with Crippen molar-refractivity contribution in [1.82, 2.24) is 16.0 Å². The topological polar surface area (TPSA) is 65.5 Å². The molecule has 0 heterocycles. The van der Waals surface area contributed by atoms with Crippen LogP contribution in [0, 0.1) is 0 Å². The Kier molecular flexibility index (Phi) is 14.5. The number of hydrogen-bond acceptors (Lipinski definition) is 3. The molecular weight excluding hydrogens is 503 g/mol. The van der Waals surface area contributed by atoms with E-state index < -0.39 is 0 Å². The fourth-order valence-electron chi connectivity index (χ4n) is 1.86. The van der Waals surface area contributed by atoms with Gasteiger partial charge in [-0.15, -0.1) is 24.0 Å². The highest BCUT2D eigenvalue weighted by molar-refractivity contribution is 14.0. The van der Waals surface area contributed by atoms with Gasteiger partial charge in [-0.1, -0.05) is 15.9 Å². The lowest BCUT2D eigenvalue weighted by molar-refractivity contribution is 0.0954. The predicted octanol–water partition coefficient (Wildman–Crippen LogP) is 3.11. The summed E-state index contributed by atoms with van der Waals surface area (Å²) in [6, 6.07) is 7.30. The second-order valence-corrected chi connectivity index (χ2v) is 6.79. The van der Waals surface area contributed by atoms with E-state index in [1.54, 1.807) is 19.2 Å². The van der Waals surface area contributed by atoms with Gasteiger partial charge in [0.2, 0.25) is 0 Å². The van der Waals surface area contributed by atoms with Crippen molar-refractivity contribution in [1.29, 1.82) is 0 Å². The van der Waals surface area contributed by atoms with Crippen LogP contribution in [0.3, 0.4) is 0 Å². The highest BCUT2D eigenvalue weighted by Gasteiger charge is 2.04. The van der Waals surface area contributed by atoms with Gasteiger partial charge in [-0.2, -0.15) is 11.8 Å². The lowest BCUT2D eigenvalue weighted by Crippen LogP contribution is -2.41. The van der Waals surface area contributed by atoms with Crippen molar-refractivity contribution >= 4 is 63.5 Å². The Morgan fingerprint density at radius 1 is 1.08 bits per heavy atom. The Bertz CT molecular complexity index is 499. The SMILES string of the molecule is CN=C(NCCCCSC)NCCNC(=O)c1ccc(Br)cc1.I. The molecule has 3 N–H and O–H groups in total. The number of carbonyl (C=O) groups is 1. The van der Waals surface area contributed by atoms with Gasteiger partial charge in [-0.05, 0) is 49.1 Å². The smallest absolute Gasteiger partial charge is 0.251 e. The van der Waals surface area contributed by atoms with Gasteiger partial charge in [0.25, 0.3) is 5.91 Å². The molecular formula is C16H26BrIN4OS. The van der Waals surface area contributed by atoms with Gasteiger partial charge < -0.3 is 16.0 Å². The first-order valence-electron chi connectivity index (χ1n) is 7.64. The summed E-state index contributed by atoms with van der Waals surface area (Å²) in [5.74, 6) is 1.89. The first kappa shape index (κ1) is 23.5. The van der Waals surface area contributed by atoms with Gasteiger partial charge in [0.15, 0.2) is 5.96 Å². The third kappa shape index (κ3) is 10.4. The molecule has 0 unspecified atom stereocenters. The summed E-state index contributed by atoms with van der Waals surface area (Å²) in [5.41, 5.74) is 0.657. The average molecular weight is 529 g/mol. The van der Waals surface area contributed by atoms with E-state index in [1.165, 1.54) is 12.2 Å². The number of amides is 1. The molecule has 0 saturated heterocycles. The molecule has 0 aliphatic rings. The first-order valence-corrected chi connectivity index (χ1v) is 9.83. The summed E-state index contributed by atoms with van der Waals surface area (Å²) in [4.78, 5) is 16.1. The van der Waals surface area contributed by atoms with Gasteiger partial charge in [-0.25, -0.2) is 0 Å². The number of halogens is 2. The van der Waals surface area contributed by atoms with E-state index in [0.717, 1.165) is 23.4 Å². The van der Waals surface area contributed by atoms with E-state index in [9.17, 15) is 4.79 Å². The van der Waals surface area contributed by atoms with Crippen LogP contribution < -0.4 is 16.0 Å². The second kappa shape index (κ2) is 14.8. The van der Waals surface area contributed by atoms with Crippen molar-refractivity contribution in [3.8, 4) is 0 Å². The first-order chi connectivity index (χ1) is 11.2. The minimum absolute atomic E-state index is 0. The van der Waals surface area contributed by atoms with Gasteiger partial charge in [0, 0.05) is 36.7 Å². The lowest BCUT2D eigenvalue weighted by atomic mass is 10.2. The Hall–Kier alpha value is -0.480. The Morgan fingerprint density at radius 2 is 1.71 bits per heavy atom. The molecule has 0 spiro atoms. The summed E-state index contributed by atoms with van der Waals surface area (Å²) < 4.78 is 0.961. The molecule has 0 fully saturated rings. The molecule has 1 aromatic carbocycles. The molecule has 136 valence electrons. The molecule has 1 aromatic rings. The van der Waals surface area contributed by atoms with Crippen LogP contribution in [0.4, 0.5) is 0 Å². The van der Waals surface area contributed by atoms with Gasteiger partial charge in [-0.3, -0.25) is 9.79 Å². The summed E-state index contributed by atoms with van der Waals surface area (Å²) in [5, 5.41) is 9.33. The molecule has 0 radical (unpaired) electrons. The Labute approximate surface area is 174 Å². The fraction of sp³-hybridized carbons (Fsp3) is 0.500. The van der Waals surface area contributed by atoms with Gasteiger partial charge in [0.1, 0.15) is 0 Å². The number of aliphatic imine (C=N–C) groups is 1. The van der Waals surface area contributed by atoms with Crippen molar-refractivity contribution in [2.45, 2.75) is 12.8 Å². The van der Waals surface area contributed by atoms with Crippen LogP contribution in [0.1, 0.15) is 23.2 Å². The van der Waals surface area contributed by atoms with Crippen molar-refractivity contribution in [3.63, 3.8) is 0 Å². The molecule has 8 heteroatoms. The number of rotatable bonds is 9. The minimum atomic E-state index is -0.0701. The third-order valence-electron chi connectivity index (χ3n) is 3.10. The molecule has 0 aliphatic heterocycles. The number of nitrogens with zero attached hydrogens (tertiary/aromatic N) is 1. The van der Waals surface area contributed by atoms with Crippen molar-refractivity contribution < 1.29 is 4.79 Å². The average Bonchev–Trinajstić information content (AvgIpc) is 2.57. The van der Waals surface area contributed by atoms with Crippen molar-refractivity contribution in [2.75, 3.05) is 38.7 Å². The molecule has 1 rings (SSSR count). The minimum Gasteiger partial charge on any atom is -0.356 e. The maximum absolute atomic E-state index is 11.9. The van der Waals surface area contributed by atoms with E-state index in [4.69, 9.17) is 0 Å². The zero-order valence-corrected chi connectivity index (χ0v) is 18.8. The van der Waals surface area contributed by atoms with Crippen LogP contribution in [0.25, 0.3) is 0 Å². The molecule has 0 aliphatic carbocycles. The largest absolute Gasteiger partial charge is 0.356 e. The van der Waals surface area contributed by atoms with Crippen LogP contribution >= 0.6 is 51.7 Å². The summed E-state index contributed by atoms with van der Waals surface area (Å²) in [6.07, 6.45) is 4.45. The van der Waals surface area contributed by atoms with Crippen LogP contribution in [0.5, 0.6) is 0 Å². The maximum Gasteiger partial charge on any atom is 0.251 e. The number of benzene rings is 1. The number of thioether (sulfide) groups is 1. The lowest BCUT2D eigenvalue weighted by Gasteiger charge is -2.12. The molecule has 0 atom stereocenters. The molecule has 5 nitrogen and oxygen atoms in total. The van der Waals surface area contributed by atoms with E-state index in [-0.39, 0.29) is 29.9 Å². The summed E-state index contributed by atoms with van der Waals surface area (Å²) in [7, 11) is 1.75. The maximum atomic E-state index is 11.9.